The fourth-order valence-electron chi connectivity index (χ4n) is 5.07. The molecule has 0 spiro atoms. The molecule has 226 valence electrons. The van der Waals surface area contributed by atoms with E-state index in [0.717, 1.165) is 0 Å². The highest BCUT2D eigenvalue weighted by Crippen LogP contribution is 2.57. The number of rotatable bonds is 10. The SMILES string of the molecule is Nc1nc2c(ncn2[C@@H]2O[C@H](CO[PH](=O)O)C[C@H]2OP(=O)(S)OCC2CC[C@H](n3ccc4c(N)ncnc43)O2)c(=O)[nH]1. The maximum atomic E-state index is 13.3. The van der Waals surface area contributed by atoms with Crippen LogP contribution in [0.15, 0.2) is 29.7 Å². The third kappa shape index (κ3) is 5.97. The molecule has 0 saturated carbocycles. The minimum Gasteiger partial charge on any atom is -0.383 e. The second-order valence-electron chi connectivity index (χ2n) is 9.65. The highest BCUT2D eigenvalue weighted by molar-refractivity contribution is 8.44. The van der Waals surface area contributed by atoms with Gasteiger partial charge >= 0.3 is 15.1 Å². The number of hydrogen-bond acceptors (Lipinski definition) is 14. The van der Waals surface area contributed by atoms with E-state index in [9.17, 15) is 13.9 Å². The number of thiol groups is 1. The van der Waals surface area contributed by atoms with E-state index in [0.29, 0.717) is 29.7 Å². The lowest BCUT2D eigenvalue weighted by Gasteiger charge is -2.24. The number of anilines is 2. The number of aromatic amines is 1. The lowest BCUT2D eigenvalue weighted by Crippen LogP contribution is -2.23. The van der Waals surface area contributed by atoms with Gasteiger partial charge in [0, 0.05) is 12.6 Å². The average molecular weight is 644 g/mol. The Balaban J connectivity index is 1.14. The highest BCUT2D eigenvalue weighted by Gasteiger charge is 2.43. The molecule has 6 N–H and O–H groups in total. The van der Waals surface area contributed by atoms with Crippen molar-refractivity contribution in [3.8, 4) is 0 Å². The summed E-state index contributed by atoms with van der Waals surface area (Å²) in [5.41, 5.74) is 11.8. The van der Waals surface area contributed by atoms with Crippen LogP contribution < -0.4 is 17.0 Å². The smallest absolute Gasteiger partial charge is 0.383 e. The zero-order valence-electron chi connectivity index (χ0n) is 21.7. The number of fused-ring (bicyclic) bond motifs is 2. The number of hydrogen-bond donors (Lipinski definition) is 5. The van der Waals surface area contributed by atoms with Crippen LogP contribution in [0.1, 0.15) is 31.7 Å². The van der Waals surface area contributed by atoms with Crippen molar-refractivity contribution in [1.82, 2.24) is 34.1 Å². The molecule has 18 nitrogen and oxygen atoms in total. The second kappa shape index (κ2) is 11.7. The number of imidazole rings is 1. The van der Waals surface area contributed by atoms with Gasteiger partial charge in [-0.2, -0.15) is 4.98 Å². The summed E-state index contributed by atoms with van der Waals surface area (Å²) in [6, 6.07) is 1.81. The van der Waals surface area contributed by atoms with Crippen molar-refractivity contribution in [2.75, 3.05) is 24.7 Å². The van der Waals surface area contributed by atoms with Gasteiger partial charge in [0.1, 0.15) is 30.1 Å². The van der Waals surface area contributed by atoms with Crippen LogP contribution in [0.2, 0.25) is 0 Å². The summed E-state index contributed by atoms with van der Waals surface area (Å²) in [6.07, 6.45) is 2.37. The average Bonchev–Trinajstić information content (AvgIpc) is 3.72. The quantitative estimate of drug-likeness (QED) is 0.121. The van der Waals surface area contributed by atoms with Gasteiger partial charge in [0.25, 0.3) is 5.56 Å². The van der Waals surface area contributed by atoms with Crippen LogP contribution in [-0.2, 0) is 32.2 Å². The molecule has 4 aromatic rings. The third-order valence-corrected chi connectivity index (χ3v) is 8.95. The minimum atomic E-state index is -4.00. The van der Waals surface area contributed by atoms with Gasteiger partial charge in [-0.05, 0) is 18.9 Å². The molecule has 0 bridgehead atoms. The molecule has 2 saturated heterocycles. The van der Waals surface area contributed by atoms with Crippen LogP contribution in [-0.4, -0.2) is 70.5 Å². The van der Waals surface area contributed by atoms with Gasteiger partial charge in [-0.25, -0.2) is 19.5 Å². The molecule has 6 rings (SSSR count). The summed E-state index contributed by atoms with van der Waals surface area (Å²) >= 11 is 4.17. The third-order valence-electron chi connectivity index (χ3n) is 6.89. The van der Waals surface area contributed by atoms with Crippen molar-refractivity contribution < 1.29 is 37.1 Å². The molecule has 0 aliphatic carbocycles. The summed E-state index contributed by atoms with van der Waals surface area (Å²) in [5.74, 6) is 0.221. The van der Waals surface area contributed by atoms with Crippen molar-refractivity contribution in [3.05, 3.63) is 35.3 Å². The molecule has 4 aromatic heterocycles. The second-order valence-corrected chi connectivity index (χ2v) is 13.4. The number of nitrogens with zero attached hydrogens (tertiary/aromatic N) is 6. The van der Waals surface area contributed by atoms with Crippen molar-refractivity contribution >= 4 is 61.3 Å². The largest absolute Gasteiger partial charge is 0.386 e. The van der Waals surface area contributed by atoms with Crippen LogP contribution in [0.5, 0.6) is 0 Å². The monoisotopic (exact) mass is 643 g/mol. The van der Waals surface area contributed by atoms with E-state index < -0.39 is 45.2 Å². The molecular weight excluding hydrogens is 616 g/mol. The van der Waals surface area contributed by atoms with E-state index in [1.807, 2.05) is 16.8 Å². The molecule has 0 amide bonds. The standard InChI is InChI=1S/C21H27N9O9P2S/c22-16-12-3-4-29(17(12)25-8-24-16)14-2-1-10(37-14)7-36-41(34,42)39-13-5-11(6-35-40(32)33)38-20(13)30-9-26-15-18(30)27-21(23)28-19(15)31/h3-4,8-11,13-14,20,40H,1-2,5-7H2,(H,32,33)(H,34,42)(H2,22,24,25)(H3,23,27,28,31)/t10?,11-,13+,14+,20+,41?/m0/s1. The molecule has 21 heteroatoms. The molecule has 3 unspecified atom stereocenters. The Bertz CT molecular complexity index is 1750. The maximum absolute atomic E-state index is 13.3. The summed E-state index contributed by atoms with van der Waals surface area (Å²) in [5, 5.41) is 0.714. The molecule has 7 atom stereocenters. The van der Waals surface area contributed by atoms with Crippen molar-refractivity contribution in [3.63, 3.8) is 0 Å². The Kier molecular flexibility index (Phi) is 8.12. The summed E-state index contributed by atoms with van der Waals surface area (Å²) in [4.78, 5) is 40.2. The first-order chi connectivity index (χ1) is 20.1. The van der Waals surface area contributed by atoms with Crippen molar-refractivity contribution in [1.29, 1.82) is 0 Å². The number of ether oxygens (including phenoxy) is 2. The van der Waals surface area contributed by atoms with Gasteiger partial charge in [0.15, 0.2) is 17.4 Å². The summed E-state index contributed by atoms with van der Waals surface area (Å²) in [6.45, 7) is -4.32. The minimum absolute atomic E-state index is 0.00507. The normalized spacial score (nSPS) is 26.7. The number of nitrogen functional groups attached to an aromatic ring is 2. The van der Waals surface area contributed by atoms with Gasteiger partial charge in [0.05, 0.1) is 37.1 Å². The van der Waals surface area contributed by atoms with Crippen LogP contribution in [0.3, 0.4) is 0 Å². The molecule has 6 heterocycles. The lowest BCUT2D eigenvalue weighted by atomic mass is 10.2. The Labute approximate surface area is 242 Å². The molecule has 0 aromatic carbocycles. The molecule has 2 fully saturated rings. The number of nitrogens with two attached hydrogens (primary N) is 2. The van der Waals surface area contributed by atoms with Gasteiger partial charge in [0.2, 0.25) is 5.95 Å². The number of H-pyrrole nitrogens is 1. The topological polar surface area (TPSA) is 247 Å². The summed E-state index contributed by atoms with van der Waals surface area (Å²) in [7, 11) is -3.23. The van der Waals surface area contributed by atoms with E-state index in [4.69, 9.17) is 39.4 Å². The molecular formula is C21H27N9O9P2S. The Morgan fingerprint density at radius 1 is 1.17 bits per heavy atom. The van der Waals surface area contributed by atoms with E-state index in [1.165, 1.54) is 17.2 Å². The van der Waals surface area contributed by atoms with E-state index >= 15 is 0 Å². The van der Waals surface area contributed by atoms with Gasteiger partial charge in [-0.1, -0.05) is 12.2 Å². The highest BCUT2D eigenvalue weighted by atomic mass is 32.7. The van der Waals surface area contributed by atoms with Gasteiger partial charge in [-0.15, -0.1) is 0 Å². The van der Waals surface area contributed by atoms with Gasteiger partial charge < -0.3 is 34.9 Å². The van der Waals surface area contributed by atoms with Crippen molar-refractivity contribution in [2.24, 2.45) is 0 Å². The zero-order valence-corrected chi connectivity index (χ0v) is 24.5. The molecule has 2 aliphatic heterocycles. The Morgan fingerprint density at radius 3 is 2.81 bits per heavy atom. The molecule has 42 heavy (non-hydrogen) atoms. The van der Waals surface area contributed by atoms with Crippen LogP contribution in [0.4, 0.5) is 11.8 Å². The zero-order chi connectivity index (χ0) is 29.6. The summed E-state index contributed by atoms with van der Waals surface area (Å²) < 4.78 is 56.0. The van der Waals surface area contributed by atoms with Crippen molar-refractivity contribution in [2.45, 2.75) is 50.0 Å². The fourth-order valence-corrected chi connectivity index (χ4v) is 6.91. The predicted octanol–water partition coefficient (Wildman–Crippen LogP) is 1.53. The van der Waals surface area contributed by atoms with Crippen LogP contribution >= 0.6 is 27.3 Å². The lowest BCUT2D eigenvalue weighted by molar-refractivity contribution is -0.0450. The fraction of sp³-hybridized carbons (Fsp3) is 0.476. The Hall–Kier alpha value is -2.86. The predicted molar refractivity (Wildman–Crippen MR) is 151 cm³/mol. The van der Waals surface area contributed by atoms with E-state index in [-0.39, 0.29) is 43.0 Å². The number of nitrogens with one attached hydrogen (secondary N) is 1. The Morgan fingerprint density at radius 2 is 2.00 bits per heavy atom. The first-order valence-corrected chi connectivity index (χ1v) is 16.7. The van der Waals surface area contributed by atoms with E-state index in [1.54, 1.807) is 0 Å². The van der Waals surface area contributed by atoms with E-state index in [2.05, 4.69) is 37.2 Å². The first kappa shape index (κ1) is 29.2. The molecule has 2 aliphatic rings. The van der Waals surface area contributed by atoms with Crippen LogP contribution in [0, 0.1) is 0 Å². The molecule has 0 radical (unpaired) electrons. The first-order valence-electron chi connectivity index (χ1n) is 12.7. The van der Waals surface area contributed by atoms with Crippen LogP contribution in [0.25, 0.3) is 22.2 Å². The number of aromatic nitrogens is 7. The van der Waals surface area contributed by atoms with Gasteiger partial charge in [-0.3, -0.25) is 28.0 Å². The maximum Gasteiger partial charge on any atom is 0.386 e.